The summed E-state index contributed by atoms with van der Waals surface area (Å²) in [6, 6.07) is 3.66. The molecule has 7 nitrogen and oxygen atoms in total. The number of benzene rings is 1. The zero-order chi connectivity index (χ0) is 16.7. The Labute approximate surface area is 145 Å². The highest BCUT2D eigenvalue weighted by Gasteiger charge is 2.45. The fraction of sp³-hybridized carbons (Fsp3) is 0.571. The Morgan fingerprint density at radius 2 is 2.00 bits per heavy atom. The lowest BCUT2D eigenvalue weighted by Gasteiger charge is -2.40. The van der Waals surface area contributed by atoms with Crippen molar-refractivity contribution in [2.45, 2.75) is 36.8 Å². The zero-order valence-corrected chi connectivity index (χ0v) is 14.2. The molecule has 0 saturated carbocycles. The van der Waals surface area contributed by atoms with Gasteiger partial charge in [-0.2, -0.15) is 0 Å². The lowest BCUT2D eigenvalue weighted by molar-refractivity contribution is -0.310. The van der Waals surface area contributed by atoms with E-state index in [-0.39, 0.29) is 0 Å². The topological polar surface area (TPSA) is 111 Å². The van der Waals surface area contributed by atoms with Gasteiger partial charge in [0.15, 0.2) is 6.29 Å². The van der Waals surface area contributed by atoms with Crippen LogP contribution in [0.5, 0.6) is 0 Å². The van der Waals surface area contributed by atoms with E-state index < -0.39 is 43.4 Å². The molecule has 0 aromatic heterocycles. The number of rotatable bonds is 3. The highest BCUT2D eigenvalue weighted by Crippen LogP contribution is 2.42. The molecular formula is C14H17BrClNO6. The maximum Gasteiger partial charge on any atom is 0.187 e. The van der Waals surface area contributed by atoms with Gasteiger partial charge in [-0.15, -0.1) is 0 Å². The first-order valence-corrected chi connectivity index (χ1v) is 8.29. The van der Waals surface area contributed by atoms with E-state index in [1.807, 2.05) is 12.1 Å². The van der Waals surface area contributed by atoms with Crippen LogP contribution in [0, 0.1) is 0 Å². The molecule has 2 aliphatic heterocycles. The summed E-state index contributed by atoms with van der Waals surface area (Å²) in [5.41, 5.74) is 1.53. The van der Waals surface area contributed by atoms with E-state index in [0.29, 0.717) is 16.0 Å². The minimum atomic E-state index is -1.47. The van der Waals surface area contributed by atoms with E-state index >= 15 is 0 Å². The summed E-state index contributed by atoms with van der Waals surface area (Å²) < 4.78 is 11.8. The highest BCUT2D eigenvalue weighted by atomic mass is 79.9. The molecule has 0 bridgehead atoms. The fourth-order valence-electron chi connectivity index (χ4n) is 2.80. The fourth-order valence-corrected chi connectivity index (χ4v) is 3.43. The minimum absolute atomic E-state index is 0.417. The molecule has 1 saturated heterocycles. The van der Waals surface area contributed by atoms with Crippen LogP contribution in [0.2, 0.25) is 5.02 Å². The van der Waals surface area contributed by atoms with E-state index in [2.05, 4.69) is 21.2 Å². The molecule has 1 fully saturated rings. The van der Waals surface area contributed by atoms with Gasteiger partial charge in [-0.05, 0) is 28.1 Å². The Balaban J connectivity index is 1.80. The third kappa shape index (κ3) is 3.10. The monoisotopic (exact) mass is 409 g/mol. The molecule has 2 heterocycles. The summed E-state index contributed by atoms with van der Waals surface area (Å²) in [6.07, 6.45) is -7.04. The number of ether oxygens (including phenoxy) is 2. The second-order valence-corrected chi connectivity index (χ2v) is 6.76. The Kier molecular flexibility index (Phi) is 5.15. The number of anilines is 1. The normalized spacial score (nSPS) is 36.6. The molecule has 1 aromatic rings. The van der Waals surface area contributed by atoms with Gasteiger partial charge >= 0.3 is 0 Å². The van der Waals surface area contributed by atoms with Crippen molar-refractivity contribution in [1.82, 2.24) is 0 Å². The van der Waals surface area contributed by atoms with Crippen molar-refractivity contribution in [1.29, 1.82) is 0 Å². The molecule has 2 aliphatic rings. The Morgan fingerprint density at radius 3 is 2.70 bits per heavy atom. The lowest BCUT2D eigenvalue weighted by atomic mass is 9.99. The van der Waals surface area contributed by atoms with Gasteiger partial charge < -0.3 is 35.2 Å². The molecule has 0 spiro atoms. The van der Waals surface area contributed by atoms with Crippen LogP contribution in [0.25, 0.3) is 0 Å². The van der Waals surface area contributed by atoms with Crippen molar-refractivity contribution >= 4 is 33.2 Å². The lowest BCUT2D eigenvalue weighted by Crippen LogP contribution is -2.59. The van der Waals surface area contributed by atoms with Crippen molar-refractivity contribution in [3.05, 3.63) is 27.2 Å². The molecule has 23 heavy (non-hydrogen) atoms. The van der Waals surface area contributed by atoms with Crippen molar-refractivity contribution in [2.75, 3.05) is 18.5 Å². The maximum absolute atomic E-state index is 10.0. The van der Waals surface area contributed by atoms with Gasteiger partial charge in [0.1, 0.15) is 30.5 Å². The summed E-state index contributed by atoms with van der Waals surface area (Å²) >= 11 is 9.65. The first kappa shape index (κ1) is 17.4. The molecule has 5 N–H and O–H groups in total. The SMILES string of the molecule is OC[C@H]1OC(OC2CNc3ccc(Br)c(Cl)c32)[C@H](O)[C@@H](O)[C@H]1O. The number of fused-ring (bicyclic) bond motifs is 1. The van der Waals surface area contributed by atoms with E-state index in [1.54, 1.807) is 0 Å². The van der Waals surface area contributed by atoms with Gasteiger partial charge in [-0.1, -0.05) is 11.6 Å². The molecular weight excluding hydrogens is 394 g/mol. The molecule has 6 atom stereocenters. The summed E-state index contributed by atoms with van der Waals surface area (Å²) in [6.45, 7) is -0.0862. The van der Waals surface area contributed by atoms with Crippen molar-refractivity contribution in [3.63, 3.8) is 0 Å². The summed E-state index contributed by atoms with van der Waals surface area (Å²) in [7, 11) is 0. The van der Waals surface area contributed by atoms with Crippen LogP contribution < -0.4 is 5.32 Å². The van der Waals surface area contributed by atoms with Crippen LogP contribution in [0.1, 0.15) is 11.7 Å². The van der Waals surface area contributed by atoms with Gasteiger partial charge in [0.05, 0.1) is 11.6 Å². The highest BCUT2D eigenvalue weighted by molar-refractivity contribution is 9.10. The van der Waals surface area contributed by atoms with Crippen LogP contribution in [-0.4, -0.2) is 64.3 Å². The van der Waals surface area contributed by atoms with Gasteiger partial charge in [0, 0.05) is 22.3 Å². The number of hydrogen-bond donors (Lipinski definition) is 5. The van der Waals surface area contributed by atoms with Gasteiger partial charge in [-0.3, -0.25) is 0 Å². The summed E-state index contributed by atoms with van der Waals surface area (Å²) in [5.74, 6) is 0. The smallest absolute Gasteiger partial charge is 0.187 e. The second kappa shape index (κ2) is 6.81. The first-order valence-electron chi connectivity index (χ1n) is 7.11. The molecule has 1 aromatic carbocycles. The average Bonchev–Trinajstić information content (AvgIpc) is 2.95. The van der Waals surface area contributed by atoms with E-state index in [1.165, 1.54) is 0 Å². The van der Waals surface area contributed by atoms with Gasteiger partial charge in [-0.25, -0.2) is 0 Å². The van der Waals surface area contributed by atoms with Gasteiger partial charge in [0.25, 0.3) is 0 Å². The Morgan fingerprint density at radius 1 is 1.26 bits per heavy atom. The summed E-state index contributed by atoms with van der Waals surface area (Å²) in [4.78, 5) is 0. The van der Waals surface area contributed by atoms with Crippen LogP contribution >= 0.6 is 27.5 Å². The van der Waals surface area contributed by atoms with Crippen LogP contribution in [0.15, 0.2) is 16.6 Å². The molecule has 0 amide bonds. The number of aliphatic hydroxyl groups excluding tert-OH is 4. The number of halogens is 2. The predicted octanol–water partition coefficient (Wildman–Crippen LogP) is 0.386. The third-order valence-electron chi connectivity index (χ3n) is 4.08. The molecule has 0 aliphatic carbocycles. The predicted molar refractivity (Wildman–Crippen MR) is 85.2 cm³/mol. The maximum atomic E-state index is 10.0. The molecule has 9 heteroatoms. The van der Waals surface area contributed by atoms with Crippen LogP contribution in [0.3, 0.4) is 0 Å². The summed E-state index contributed by atoms with van der Waals surface area (Å²) in [5, 5.41) is 42.5. The molecule has 128 valence electrons. The number of nitrogens with one attached hydrogen (secondary N) is 1. The van der Waals surface area contributed by atoms with Crippen molar-refractivity contribution < 1.29 is 29.9 Å². The largest absolute Gasteiger partial charge is 0.394 e. The average molecular weight is 411 g/mol. The van der Waals surface area contributed by atoms with Crippen molar-refractivity contribution in [3.8, 4) is 0 Å². The van der Waals surface area contributed by atoms with Crippen molar-refractivity contribution in [2.24, 2.45) is 0 Å². The first-order chi connectivity index (χ1) is 10.9. The van der Waals surface area contributed by atoms with E-state index in [4.69, 9.17) is 21.1 Å². The second-order valence-electron chi connectivity index (χ2n) is 5.53. The number of aliphatic hydroxyl groups is 4. The standard InChI is InChI=1S/C14H17BrClNO6/c15-5-1-2-6-9(10(5)16)7(3-17-6)22-14-13(21)12(20)11(19)8(4-18)23-14/h1-2,7-8,11-14,17-21H,3-4H2/t7?,8-,11+,12+,13-,14?/m1/s1. The zero-order valence-electron chi connectivity index (χ0n) is 11.9. The third-order valence-corrected chi connectivity index (χ3v) is 5.38. The molecule has 0 radical (unpaired) electrons. The van der Waals surface area contributed by atoms with Crippen LogP contribution in [0.4, 0.5) is 5.69 Å². The molecule has 3 rings (SSSR count). The Bertz CT molecular complexity index is 589. The number of hydrogen-bond acceptors (Lipinski definition) is 7. The quantitative estimate of drug-likeness (QED) is 0.490. The molecule has 2 unspecified atom stereocenters. The van der Waals surface area contributed by atoms with E-state index in [0.717, 1.165) is 11.3 Å². The minimum Gasteiger partial charge on any atom is -0.394 e. The Hall–Kier alpha value is -0.450. The van der Waals surface area contributed by atoms with E-state index in [9.17, 15) is 20.4 Å². The van der Waals surface area contributed by atoms with Gasteiger partial charge in [0.2, 0.25) is 0 Å². The van der Waals surface area contributed by atoms with Crippen LogP contribution in [-0.2, 0) is 9.47 Å².